The van der Waals surface area contributed by atoms with Gasteiger partial charge in [-0.2, -0.15) is 10.1 Å². The molecule has 0 amide bonds. The molecule has 8 nitrogen and oxygen atoms in total. The first-order chi connectivity index (χ1) is 14.2. The lowest BCUT2D eigenvalue weighted by molar-refractivity contribution is 0.601. The standard InChI is InChI=1S/C20H23IN6O2S/c1-11-7-17(12(2)6-15(11)14-4-5-30(28,29)10-14)23-20-22-9-16(21)19(25-20)24-18-8-13(3)26-27-18/h6-9,14H,4-5,10H2,1-3H3,(H3,22,23,24,25,26,27). The molecule has 1 fully saturated rings. The molecule has 158 valence electrons. The Morgan fingerprint density at radius 3 is 2.60 bits per heavy atom. The zero-order chi connectivity index (χ0) is 21.5. The molecule has 1 aliphatic rings. The Morgan fingerprint density at radius 2 is 1.93 bits per heavy atom. The van der Waals surface area contributed by atoms with E-state index >= 15 is 0 Å². The first-order valence-electron chi connectivity index (χ1n) is 9.60. The summed E-state index contributed by atoms with van der Waals surface area (Å²) in [6.45, 7) is 5.96. The Hall–Kier alpha value is -2.21. The molecule has 2 aromatic heterocycles. The van der Waals surface area contributed by atoms with Gasteiger partial charge in [-0.3, -0.25) is 5.10 Å². The van der Waals surface area contributed by atoms with Crippen LogP contribution in [-0.2, 0) is 9.84 Å². The number of nitrogens with one attached hydrogen (secondary N) is 3. The van der Waals surface area contributed by atoms with Crippen LogP contribution in [0.3, 0.4) is 0 Å². The lowest BCUT2D eigenvalue weighted by atomic mass is 9.92. The predicted molar refractivity (Wildman–Crippen MR) is 127 cm³/mol. The Labute approximate surface area is 189 Å². The van der Waals surface area contributed by atoms with Crippen molar-refractivity contribution in [2.75, 3.05) is 22.1 Å². The van der Waals surface area contributed by atoms with Crippen LogP contribution in [-0.4, -0.2) is 40.1 Å². The van der Waals surface area contributed by atoms with Crippen LogP contribution in [0.15, 0.2) is 24.4 Å². The van der Waals surface area contributed by atoms with Crippen molar-refractivity contribution in [1.82, 2.24) is 20.2 Å². The molecule has 1 aromatic carbocycles. The number of benzene rings is 1. The molecule has 1 atom stereocenters. The van der Waals surface area contributed by atoms with Gasteiger partial charge in [0.1, 0.15) is 0 Å². The number of H-pyrrole nitrogens is 1. The topological polar surface area (TPSA) is 113 Å². The van der Waals surface area contributed by atoms with Gasteiger partial charge in [0.05, 0.1) is 15.1 Å². The first-order valence-corrected chi connectivity index (χ1v) is 12.5. The van der Waals surface area contributed by atoms with Crippen LogP contribution in [0.5, 0.6) is 0 Å². The quantitative estimate of drug-likeness (QED) is 0.419. The molecule has 0 radical (unpaired) electrons. The van der Waals surface area contributed by atoms with Crippen molar-refractivity contribution in [3.05, 3.63) is 50.4 Å². The van der Waals surface area contributed by atoms with E-state index < -0.39 is 9.84 Å². The van der Waals surface area contributed by atoms with E-state index in [9.17, 15) is 8.42 Å². The van der Waals surface area contributed by atoms with Crippen molar-refractivity contribution in [2.45, 2.75) is 33.1 Å². The van der Waals surface area contributed by atoms with Crippen molar-refractivity contribution in [1.29, 1.82) is 0 Å². The molecule has 4 rings (SSSR count). The summed E-state index contributed by atoms with van der Waals surface area (Å²) < 4.78 is 24.6. The SMILES string of the molecule is Cc1cc(Nc2nc(Nc3cc(C)c(C4CCS(=O)(=O)C4)cc3C)ncc2I)n[nH]1. The zero-order valence-corrected chi connectivity index (χ0v) is 19.9. The lowest BCUT2D eigenvalue weighted by Crippen LogP contribution is -2.07. The third kappa shape index (κ3) is 4.59. The smallest absolute Gasteiger partial charge is 0.229 e. The van der Waals surface area contributed by atoms with E-state index in [2.05, 4.69) is 59.5 Å². The molecule has 10 heteroatoms. The highest BCUT2D eigenvalue weighted by molar-refractivity contribution is 14.1. The predicted octanol–water partition coefficient (Wildman–Crippen LogP) is 4.12. The number of aryl methyl sites for hydroxylation is 3. The van der Waals surface area contributed by atoms with Crippen molar-refractivity contribution in [3.63, 3.8) is 0 Å². The molecular weight excluding hydrogens is 515 g/mol. The summed E-state index contributed by atoms with van der Waals surface area (Å²) in [5.41, 5.74) is 5.07. The summed E-state index contributed by atoms with van der Waals surface area (Å²) in [5, 5.41) is 13.6. The zero-order valence-electron chi connectivity index (χ0n) is 17.0. The molecule has 1 aliphatic heterocycles. The molecule has 0 bridgehead atoms. The highest BCUT2D eigenvalue weighted by atomic mass is 127. The van der Waals surface area contributed by atoms with Crippen LogP contribution >= 0.6 is 22.6 Å². The monoisotopic (exact) mass is 538 g/mol. The van der Waals surface area contributed by atoms with E-state index in [0.29, 0.717) is 24.0 Å². The maximum Gasteiger partial charge on any atom is 0.229 e. The fourth-order valence-electron chi connectivity index (χ4n) is 3.69. The van der Waals surface area contributed by atoms with Gasteiger partial charge in [-0.05, 0) is 78.5 Å². The molecule has 3 aromatic rings. The first kappa shape index (κ1) is 21.0. The Balaban J connectivity index is 1.57. The third-order valence-electron chi connectivity index (χ3n) is 5.23. The van der Waals surface area contributed by atoms with E-state index in [4.69, 9.17) is 0 Å². The number of hydrogen-bond donors (Lipinski definition) is 3. The van der Waals surface area contributed by atoms with Crippen LogP contribution in [0.4, 0.5) is 23.3 Å². The fourth-order valence-corrected chi connectivity index (χ4v) is 5.86. The van der Waals surface area contributed by atoms with Crippen LogP contribution in [0, 0.1) is 24.3 Å². The van der Waals surface area contributed by atoms with Gasteiger partial charge in [0.25, 0.3) is 0 Å². The van der Waals surface area contributed by atoms with E-state index in [0.717, 1.165) is 31.6 Å². The molecule has 0 spiro atoms. The number of sulfone groups is 1. The minimum Gasteiger partial charge on any atom is -0.324 e. The molecule has 3 heterocycles. The van der Waals surface area contributed by atoms with Gasteiger partial charge >= 0.3 is 0 Å². The summed E-state index contributed by atoms with van der Waals surface area (Å²) in [4.78, 5) is 8.98. The van der Waals surface area contributed by atoms with Crippen LogP contribution in [0.1, 0.15) is 34.7 Å². The molecule has 30 heavy (non-hydrogen) atoms. The number of nitrogens with zero attached hydrogens (tertiary/aromatic N) is 3. The highest BCUT2D eigenvalue weighted by Crippen LogP contribution is 2.34. The van der Waals surface area contributed by atoms with E-state index in [-0.39, 0.29) is 17.4 Å². The van der Waals surface area contributed by atoms with Gasteiger partial charge in [-0.1, -0.05) is 6.07 Å². The van der Waals surface area contributed by atoms with Gasteiger partial charge in [-0.15, -0.1) is 0 Å². The Morgan fingerprint density at radius 1 is 1.13 bits per heavy atom. The van der Waals surface area contributed by atoms with Crippen LogP contribution in [0.2, 0.25) is 0 Å². The number of aromatic nitrogens is 4. The summed E-state index contributed by atoms with van der Waals surface area (Å²) in [5.74, 6) is 2.42. The summed E-state index contributed by atoms with van der Waals surface area (Å²) in [6, 6.07) is 6.03. The summed E-state index contributed by atoms with van der Waals surface area (Å²) in [6.07, 6.45) is 2.44. The second-order valence-electron chi connectivity index (χ2n) is 7.70. The Bertz CT molecular complexity index is 1210. The molecule has 1 unspecified atom stereocenters. The molecule has 0 saturated carbocycles. The Kier molecular flexibility index (Phi) is 5.71. The summed E-state index contributed by atoms with van der Waals surface area (Å²) >= 11 is 2.18. The number of anilines is 4. The molecule has 3 N–H and O–H groups in total. The highest BCUT2D eigenvalue weighted by Gasteiger charge is 2.30. The van der Waals surface area contributed by atoms with Crippen molar-refractivity contribution < 1.29 is 8.42 Å². The van der Waals surface area contributed by atoms with E-state index in [1.54, 1.807) is 6.20 Å². The van der Waals surface area contributed by atoms with Crippen molar-refractivity contribution in [2.24, 2.45) is 0 Å². The van der Waals surface area contributed by atoms with Crippen LogP contribution in [0.25, 0.3) is 0 Å². The van der Waals surface area contributed by atoms with E-state index in [1.165, 1.54) is 0 Å². The number of aromatic amines is 1. The average Bonchev–Trinajstić information content (AvgIpc) is 3.25. The average molecular weight is 538 g/mol. The van der Waals surface area contributed by atoms with Crippen molar-refractivity contribution >= 4 is 55.7 Å². The van der Waals surface area contributed by atoms with Gasteiger partial charge in [-0.25, -0.2) is 13.4 Å². The molecule has 0 aliphatic carbocycles. The lowest BCUT2D eigenvalue weighted by Gasteiger charge is -2.17. The normalized spacial score (nSPS) is 17.8. The minimum absolute atomic E-state index is 0.0745. The molecule has 1 saturated heterocycles. The number of hydrogen-bond acceptors (Lipinski definition) is 7. The van der Waals surface area contributed by atoms with Gasteiger partial charge in [0, 0.05) is 23.6 Å². The van der Waals surface area contributed by atoms with Crippen molar-refractivity contribution in [3.8, 4) is 0 Å². The summed E-state index contributed by atoms with van der Waals surface area (Å²) in [7, 11) is -2.92. The number of halogens is 1. The second kappa shape index (κ2) is 8.14. The minimum atomic E-state index is -2.92. The van der Waals surface area contributed by atoms with Gasteiger partial charge in [0.15, 0.2) is 21.5 Å². The van der Waals surface area contributed by atoms with E-state index in [1.807, 2.05) is 32.9 Å². The second-order valence-corrected chi connectivity index (χ2v) is 11.1. The van der Waals surface area contributed by atoms with Gasteiger partial charge < -0.3 is 10.6 Å². The molecular formula is C20H23IN6O2S. The maximum absolute atomic E-state index is 11.9. The van der Waals surface area contributed by atoms with Gasteiger partial charge in [0.2, 0.25) is 5.95 Å². The number of rotatable bonds is 5. The third-order valence-corrected chi connectivity index (χ3v) is 7.79. The largest absolute Gasteiger partial charge is 0.324 e. The maximum atomic E-state index is 11.9. The van der Waals surface area contributed by atoms with Crippen LogP contribution < -0.4 is 10.6 Å². The fraction of sp³-hybridized carbons (Fsp3) is 0.350.